The number of methoxy groups -OCH3 is 2. The molecule has 31 heavy (non-hydrogen) atoms. The molecule has 1 heterocycles. The number of fused-ring (bicyclic) bond motifs is 1. The van der Waals surface area contributed by atoms with Crippen LogP contribution >= 0.6 is 11.3 Å². The van der Waals surface area contributed by atoms with E-state index < -0.39 is 0 Å². The molecule has 2 amide bonds. The third-order valence-corrected chi connectivity index (χ3v) is 6.42. The molecule has 0 aliphatic heterocycles. The molecule has 2 aromatic carbocycles. The summed E-state index contributed by atoms with van der Waals surface area (Å²) in [6, 6.07) is 10.5. The first-order valence-electron chi connectivity index (χ1n) is 10.3. The number of rotatable bonds is 6. The molecule has 0 radical (unpaired) electrons. The first-order valence-corrected chi connectivity index (χ1v) is 11.1. The number of benzene rings is 2. The summed E-state index contributed by atoms with van der Waals surface area (Å²) in [5, 5.41) is 6.44. The van der Waals surface area contributed by atoms with Crippen molar-refractivity contribution in [3.05, 3.63) is 42.0 Å². The highest BCUT2D eigenvalue weighted by Crippen LogP contribution is 2.31. The first kappa shape index (κ1) is 21.1. The van der Waals surface area contributed by atoms with Crippen LogP contribution in [0, 0.1) is 5.92 Å². The van der Waals surface area contributed by atoms with E-state index in [-0.39, 0.29) is 17.7 Å². The Morgan fingerprint density at radius 2 is 1.68 bits per heavy atom. The van der Waals surface area contributed by atoms with Crippen molar-refractivity contribution in [1.29, 1.82) is 0 Å². The van der Waals surface area contributed by atoms with Gasteiger partial charge in [-0.3, -0.25) is 9.59 Å². The molecule has 0 spiro atoms. The van der Waals surface area contributed by atoms with E-state index in [4.69, 9.17) is 9.47 Å². The maximum absolute atomic E-state index is 12.7. The van der Waals surface area contributed by atoms with E-state index in [0.717, 1.165) is 35.9 Å². The van der Waals surface area contributed by atoms with Gasteiger partial charge in [0.25, 0.3) is 5.91 Å². The highest BCUT2D eigenvalue weighted by Gasteiger charge is 2.22. The van der Waals surface area contributed by atoms with Crippen molar-refractivity contribution in [3.8, 4) is 11.5 Å². The SMILES string of the molecule is COc1cc(OC)cc(C(=O)Nc2ccc3sc(NC(=O)C4CCCCC4)nc3c2)c1. The fourth-order valence-electron chi connectivity index (χ4n) is 3.77. The summed E-state index contributed by atoms with van der Waals surface area (Å²) in [7, 11) is 3.08. The number of ether oxygens (including phenoxy) is 2. The molecule has 0 saturated heterocycles. The lowest BCUT2D eigenvalue weighted by Crippen LogP contribution is -2.24. The summed E-state index contributed by atoms with van der Waals surface area (Å²) < 4.78 is 11.4. The second kappa shape index (κ2) is 9.34. The Labute approximate surface area is 184 Å². The number of amides is 2. The monoisotopic (exact) mass is 439 g/mol. The zero-order valence-electron chi connectivity index (χ0n) is 17.6. The van der Waals surface area contributed by atoms with Gasteiger partial charge in [0.05, 0.1) is 24.4 Å². The summed E-state index contributed by atoms with van der Waals surface area (Å²) in [6.45, 7) is 0. The minimum Gasteiger partial charge on any atom is -0.497 e. The molecule has 1 aliphatic rings. The number of carbonyl (C=O) groups excluding carboxylic acids is 2. The number of nitrogens with one attached hydrogen (secondary N) is 2. The van der Waals surface area contributed by atoms with E-state index in [9.17, 15) is 9.59 Å². The lowest BCUT2D eigenvalue weighted by molar-refractivity contribution is -0.120. The maximum Gasteiger partial charge on any atom is 0.255 e. The number of thiazole rings is 1. The van der Waals surface area contributed by atoms with Gasteiger partial charge < -0.3 is 20.1 Å². The zero-order valence-corrected chi connectivity index (χ0v) is 18.4. The smallest absolute Gasteiger partial charge is 0.255 e. The summed E-state index contributed by atoms with van der Waals surface area (Å²) in [5.74, 6) is 0.933. The molecule has 1 fully saturated rings. The van der Waals surface area contributed by atoms with Gasteiger partial charge in [0, 0.05) is 23.2 Å². The van der Waals surface area contributed by atoms with Gasteiger partial charge in [-0.05, 0) is 43.2 Å². The first-order chi connectivity index (χ1) is 15.1. The minimum absolute atomic E-state index is 0.0549. The summed E-state index contributed by atoms with van der Waals surface area (Å²) in [5.41, 5.74) is 1.77. The van der Waals surface area contributed by atoms with Crippen LogP contribution in [0.4, 0.5) is 10.8 Å². The van der Waals surface area contributed by atoms with Gasteiger partial charge in [0.1, 0.15) is 11.5 Å². The second-order valence-corrected chi connectivity index (χ2v) is 8.61. The normalized spacial score (nSPS) is 14.3. The van der Waals surface area contributed by atoms with Crippen molar-refractivity contribution < 1.29 is 19.1 Å². The molecule has 2 N–H and O–H groups in total. The van der Waals surface area contributed by atoms with E-state index in [2.05, 4.69) is 15.6 Å². The third-order valence-electron chi connectivity index (χ3n) is 5.47. The van der Waals surface area contributed by atoms with Gasteiger partial charge in [0.15, 0.2) is 5.13 Å². The number of anilines is 2. The molecule has 0 atom stereocenters. The van der Waals surface area contributed by atoms with Crippen LogP contribution < -0.4 is 20.1 Å². The predicted octanol–water partition coefficient (Wildman–Crippen LogP) is 5.08. The van der Waals surface area contributed by atoms with E-state index in [0.29, 0.717) is 27.9 Å². The molecule has 0 unspecified atom stereocenters. The van der Waals surface area contributed by atoms with Crippen molar-refractivity contribution in [3.63, 3.8) is 0 Å². The summed E-state index contributed by atoms with van der Waals surface area (Å²) in [6.07, 6.45) is 5.33. The zero-order chi connectivity index (χ0) is 21.8. The van der Waals surface area contributed by atoms with Crippen LogP contribution in [0.25, 0.3) is 10.2 Å². The van der Waals surface area contributed by atoms with Gasteiger partial charge >= 0.3 is 0 Å². The van der Waals surface area contributed by atoms with Crippen LogP contribution in [0.15, 0.2) is 36.4 Å². The third kappa shape index (κ3) is 4.96. The van der Waals surface area contributed by atoms with Crippen molar-refractivity contribution >= 4 is 44.2 Å². The average Bonchev–Trinajstić information content (AvgIpc) is 3.20. The lowest BCUT2D eigenvalue weighted by Gasteiger charge is -2.19. The van der Waals surface area contributed by atoms with Crippen LogP contribution in [0.2, 0.25) is 0 Å². The minimum atomic E-state index is -0.280. The van der Waals surface area contributed by atoms with Crippen molar-refractivity contribution in [2.24, 2.45) is 5.92 Å². The fourth-order valence-corrected chi connectivity index (χ4v) is 4.62. The number of hydrogen-bond acceptors (Lipinski definition) is 6. The van der Waals surface area contributed by atoms with E-state index in [1.807, 2.05) is 12.1 Å². The van der Waals surface area contributed by atoms with Gasteiger partial charge in [-0.1, -0.05) is 30.6 Å². The second-order valence-electron chi connectivity index (χ2n) is 7.58. The summed E-state index contributed by atoms with van der Waals surface area (Å²) >= 11 is 1.43. The van der Waals surface area contributed by atoms with E-state index in [1.54, 1.807) is 24.3 Å². The van der Waals surface area contributed by atoms with Crippen LogP contribution in [-0.2, 0) is 4.79 Å². The molecule has 4 rings (SSSR count). The van der Waals surface area contributed by atoms with Crippen molar-refractivity contribution in [2.75, 3.05) is 24.9 Å². The summed E-state index contributed by atoms with van der Waals surface area (Å²) in [4.78, 5) is 29.7. The Hall–Kier alpha value is -3.13. The standard InChI is InChI=1S/C23H25N3O4S/c1-29-17-10-15(11-18(13-17)30-2)22(28)24-16-8-9-20-19(12-16)25-23(31-20)26-21(27)14-6-4-3-5-7-14/h8-14H,3-7H2,1-2H3,(H,24,28)(H,25,26,27). The molecule has 1 saturated carbocycles. The van der Waals surface area contributed by atoms with Crippen molar-refractivity contribution in [1.82, 2.24) is 4.98 Å². The van der Waals surface area contributed by atoms with Crippen LogP contribution in [0.5, 0.6) is 11.5 Å². The predicted molar refractivity (Wildman–Crippen MR) is 122 cm³/mol. The Bertz CT molecular complexity index is 1080. The molecular formula is C23H25N3O4S. The maximum atomic E-state index is 12.7. The van der Waals surface area contributed by atoms with Gasteiger partial charge in [-0.25, -0.2) is 4.98 Å². The van der Waals surface area contributed by atoms with Crippen molar-refractivity contribution in [2.45, 2.75) is 32.1 Å². The number of nitrogens with zero attached hydrogens (tertiary/aromatic N) is 1. The van der Waals surface area contributed by atoms with Crippen LogP contribution in [0.1, 0.15) is 42.5 Å². The highest BCUT2D eigenvalue weighted by atomic mass is 32.1. The Morgan fingerprint density at radius 3 is 2.35 bits per heavy atom. The number of aromatic nitrogens is 1. The molecular weight excluding hydrogens is 414 g/mol. The molecule has 162 valence electrons. The molecule has 1 aliphatic carbocycles. The quantitative estimate of drug-likeness (QED) is 0.559. The average molecular weight is 440 g/mol. The highest BCUT2D eigenvalue weighted by molar-refractivity contribution is 7.22. The van der Waals surface area contributed by atoms with Gasteiger partial charge in [-0.15, -0.1) is 0 Å². The molecule has 0 bridgehead atoms. The Balaban J connectivity index is 1.48. The van der Waals surface area contributed by atoms with Gasteiger partial charge in [-0.2, -0.15) is 0 Å². The Kier molecular flexibility index (Phi) is 6.36. The molecule has 7 nitrogen and oxygen atoms in total. The number of hydrogen-bond donors (Lipinski definition) is 2. The molecule has 8 heteroatoms. The Morgan fingerprint density at radius 1 is 0.968 bits per heavy atom. The topological polar surface area (TPSA) is 89.5 Å². The number of carbonyl (C=O) groups is 2. The lowest BCUT2D eigenvalue weighted by atomic mass is 9.89. The van der Waals surface area contributed by atoms with E-state index in [1.165, 1.54) is 32.0 Å². The van der Waals surface area contributed by atoms with Crippen LogP contribution in [-0.4, -0.2) is 31.0 Å². The van der Waals surface area contributed by atoms with E-state index >= 15 is 0 Å². The van der Waals surface area contributed by atoms with Gasteiger partial charge in [0.2, 0.25) is 5.91 Å². The molecule has 3 aromatic rings. The van der Waals surface area contributed by atoms with Crippen LogP contribution in [0.3, 0.4) is 0 Å². The molecule has 1 aromatic heterocycles. The fraction of sp³-hybridized carbons (Fsp3) is 0.348. The largest absolute Gasteiger partial charge is 0.497 e.